The average Bonchev–Trinajstić information content (AvgIpc) is 2.28. The quantitative estimate of drug-likeness (QED) is 0.909. The lowest BCUT2D eigenvalue weighted by Gasteiger charge is -2.03. The van der Waals surface area contributed by atoms with Gasteiger partial charge in [0.1, 0.15) is 0 Å². The number of aromatic nitrogens is 3. The summed E-state index contributed by atoms with van der Waals surface area (Å²) in [5.41, 5.74) is 0.486. The zero-order valence-corrected chi connectivity index (χ0v) is 9.90. The molecule has 0 fully saturated rings. The van der Waals surface area contributed by atoms with E-state index >= 15 is 0 Å². The molecule has 0 unspecified atom stereocenters. The number of amides is 1. The van der Waals surface area contributed by atoms with Crippen LogP contribution in [0.5, 0.6) is 0 Å². The third-order valence-electron chi connectivity index (χ3n) is 1.84. The third-order valence-corrected chi connectivity index (χ3v) is 2.18. The molecule has 0 aliphatic carbocycles. The fourth-order valence-electron chi connectivity index (χ4n) is 1.15. The highest BCUT2D eigenvalue weighted by Crippen LogP contribution is 2.10. The molecule has 5 nitrogen and oxygen atoms in total. The monoisotopic (exact) mass is 268 g/mol. The number of halogens is 2. The summed E-state index contributed by atoms with van der Waals surface area (Å²) in [6.07, 6.45) is 0. The number of rotatable bonds is 2. The van der Waals surface area contributed by atoms with Gasteiger partial charge in [-0.05, 0) is 35.3 Å². The zero-order chi connectivity index (χ0) is 12.3. The molecule has 0 saturated carbocycles. The number of carbonyl (C=O) groups is 1. The van der Waals surface area contributed by atoms with Gasteiger partial charge in [-0.25, -0.2) is 0 Å². The summed E-state index contributed by atoms with van der Waals surface area (Å²) in [5, 5.41) is 2.32. The summed E-state index contributed by atoms with van der Waals surface area (Å²) in [6, 6.07) is 8.65. The minimum absolute atomic E-state index is 0.0175. The Balaban J connectivity index is 2.19. The Morgan fingerprint density at radius 1 is 1.00 bits per heavy atom. The van der Waals surface area contributed by atoms with Gasteiger partial charge in [0.15, 0.2) is 0 Å². The highest BCUT2D eigenvalue weighted by Gasteiger charge is 2.09. The van der Waals surface area contributed by atoms with E-state index < -0.39 is 0 Å². The number of hydrogen-bond donors (Lipinski definition) is 1. The van der Waals surface area contributed by atoms with Gasteiger partial charge < -0.3 is 0 Å². The lowest BCUT2D eigenvalue weighted by Crippen LogP contribution is -2.14. The normalized spacial score (nSPS) is 10.0. The van der Waals surface area contributed by atoms with Gasteiger partial charge in [0.25, 0.3) is 5.91 Å². The molecule has 0 bridgehead atoms. The first-order valence-corrected chi connectivity index (χ1v) is 5.34. The summed E-state index contributed by atoms with van der Waals surface area (Å²) in [4.78, 5) is 22.8. The van der Waals surface area contributed by atoms with Crippen molar-refractivity contribution in [2.45, 2.75) is 0 Å². The highest BCUT2D eigenvalue weighted by molar-refractivity contribution is 6.31. The second kappa shape index (κ2) is 5.07. The number of carbonyl (C=O) groups excluding carboxylic acids is 1. The number of hydrogen-bond acceptors (Lipinski definition) is 4. The van der Waals surface area contributed by atoms with Gasteiger partial charge in [0.05, 0.1) is 0 Å². The molecule has 1 amide bonds. The first-order valence-electron chi connectivity index (χ1n) is 4.58. The van der Waals surface area contributed by atoms with Crippen LogP contribution in [0.4, 0.5) is 5.95 Å². The van der Waals surface area contributed by atoms with E-state index in [2.05, 4.69) is 20.3 Å². The summed E-state index contributed by atoms with van der Waals surface area (Å²) in [7, 11) is 0. The summed E-state index contributed by atoms with van der Waals surface area (Å²) in [5.74, 6) is -0.326. The van der Waals surface area contributed by atoms with Crippen molar-refractivity contribution in [3.63, 3.8) is 0 Å². The smallest absolute Gasteiger partial charge is 0.258 e. The molecule has 0 atom stereocenters. The lowest BCUT2D eigenvalue weighted by molar-refractivity contribution is 0.102. The van der Waals surface area contributed by atoms with E-state index in [1.807, 2.05) is 6.07 Å². The van der Waals surface area contributed by atoms with Gasteiger partial charge in [-0.15, -0.1) is 0 Å². The molecule has 2 rings (SSSR count). The second-order valence-corrected chi connectivity index (χ2v) is 3.69. The molecule has 1 aromatic heterocycles. The summed E-state index contributed by atoms with van der Waals surface area (Å²) < 4.78 is 0. The van der Waals surface area contributed by atoms with Crippen LogP contribution in [-0.2, 0) is 0 Å². The summed E-state index contributed by atoms with van der Waals surface area (Å²) in [6.45, 7) is 0. The van der Waals surface area contributed by atoms with Crippen LogP contribution in [0.25, 0.3) is 0 Å². The molecule has 7 heteroatoms. The summed E-state index contributed by atoms with van der Waals surface area (Å²) >= 11 is 11.2. The molecule has 86 valence electrons. The molecule has 2 aromatic rings. The molecular formula is C10H6Cl2N4O. The highest BCUT2D eigenvalue weighted by atomic mass is 35.5. The van der Waals surface area contributed by atoms with Gasteiger partial charge >= 0.3 is 0 Å². The van der Waals surface area contributed by atoms with E-state index in [9.17, 15) is 4.79 Å². The lowest BCUT2D eigenvalue weighted by atomic mass is 10.2. The van der Waals surface area contributed by atoms with Crippen LogP contribution in [-0.4, -0.2) is 20.9 Å². The molecular weight excluding hydrogens is 263 g/mol. The predicted molar refractivity (Wildman–Crippen MR) is 64.2 cm³/mol. The van der Waals surface area contributed by atoms with Crippen molar-refractivity contribution in [3.8, 4) is 0 Å². The number of nitrogens with one attached hydrogen (secondary N) is 1. The van der Waals surface area contributed by atoms with Crippen molar-refractivity contribution in [1.29, 1.82) is 0 Å². The van der Waals surface area contributed by atoms with Gasteiger partial charge in [0, 0.05) is 5.56 Å². The molecule has 1 aromatic carbocycles. The van der Waals surface area contributed by atoms with E-state index in [4.69, 9.17) is 23.2 Å². The molecule has 1 heterocycles. The Morgan fingerprint density at radius 3 is 2.18 bits per heavy atom. The van der Waals surface area contributed by atoms with Gasteiger partial charge in [-0.1, -0.05) is 18.2 Å². The Morgan fingerprint density at radius 2 is 1.59 bits per heavy atom. The van der Waals surface area contributed by atoms with Crippen LogP contribution in [0.15, 0.2) is 30.3 Å². The molecule has 0 spiro atoms. The topological polar surface area (TPSA) is 67.8 Å². The maximum atomic E-state index is 11.7. The third kappa shape index (κ3) is 3.12. The van der Waals surface area contributed by atoms with Crippen LogP contribution < -0.4 is 5.32 Å². The Hall–Kier alpha value is -1.72. The van der Waals surface area contributed by atoms with E-state index in [0.717, 1.165) is 0 Å². The minimum atomic E-state index is -0.344. The second-order valence-electron chi connectivity index (χ2n) is 3.02. The van der Waals surface area contributed by atoms with Gasteiger partial charge in [-0.2, -0.15) is 15.0 Å². The molecule has 17 heavy (non-hydrogen) atoms. The Labute approximate surface area is 107 Å². The first-order chi connectivity index (χ1) is 8.15. The van der Waals surface area contributed by atoms with Gasteiger partial charge in [-0.3, -0.25) is 10.1 Å². The van der Waals surface area contributed by atoms with Crippen molar-refractivity contribution in [2.24, 2.45) is 0 Å². The van der Waals surface area contributed by atoms with E-state index in [1.165, 1.54) is 0 Å². The van der Waals surface area contributed by atoms with Crippen LogP contribution in [0.3, 0.4) is 0 Å². The predicted octanol–water partition coefficient (Wildman–Crippen LogP) is 2.43. The number of benzene rings is 1. The van der Waals surface area contributed by atoms with Crippen LogP contribution in [0.2, 0.25) is 10.6 Å². The zero-order valence-electron chi connectivity index (χ0n) is 8.39. The van der Waals surface area contributed by atoms with Crippen molar-refractivity contribution in [2.75, 3.05) is 5.32 Å². The molecule has 0 radical (unpaired) electrons. The fourth-order valence-corrected chi connectivity index (χ4v) is 1.51. The molecule has 1 N–H and O–H groups in total. The van der Waals surface area contributed by atoms with E-state index in [1.54, 1.807) is 24.3 Å². The maximum Gasteiger partial charge on any atom is 0.258 e. The van der Waals surface area contributed by atoms with Crippen LogP contribution in [0.1, 0.15) is 10.4 Å². The standard InChI is InChI=1S/C10H6Cl2N4O/c11-8-14-9(12)16-10(15-8)13-7(17)6-4-2-1-3-5-6/h1-5H,(H,13,14,15,16,17). The van der Waals surface area contributed by atoms with E-state index in [-0.39, 0.29) is 22.4 Å². The van der Waals surface area contributed by atoms with Crippen LogP contribution >= 0.6 is 23.2 Å². The fraction of sp³-hybridized carbons (Fsp3) is 0. The molecule has 0 saturated heterocycles. The average molecular weight is 269 g/mol. The molecule has 0 aliphatic rings. The van der Waals surface area contributed by atoms with Crippen molar-refractivity contribution in [3.05, 3.63) is 46.5 Å². The minimum Gasteiger partial charge on any atom is -0.290 e. The van der Waals surface area contributed by atoms with Crippen molar-refractivity contribution in [1.82, 2.24) is 15.0 Å². The SMILES string of the molecule is O=C(Nc1nc(Cl)nc(Cl)n1)c1ccccc1. The van der Waals surface area contributed by atoms with Crippen LogP contribution in [0, 0.1) is 0 Å². The number of anilines is 1. The molecule has 0 aliphatic heterocycles. The van der Waals surface area contributed by atoms with Gasteiger partial charge in [0.2, 0.25) is 16.5 Å². The van der Waals surface area contributed by atoms with Crippen molar-refractivity contribution < 1.29 is 4.79 Å². The Kier molecular flexibility index (Phi) is 3.51. The number of nitrogens with zero attached hydrogens (tertiary/aromatic N) is 3. The first kappa shape index (κ1) is 11.8. The largest absolute Gasteiger partial charge is 0.290 e. The maximum absolute atomic E-state index is 11.7. The Bertz CT molecular complexity index is 527. The van der Waals surface area contributed by atoms with Crippen molar-refractivity contribution >= 4 is 35.1 Å². The van der Waals surface area contributed by atoms with E-state index in [0.29, 0.717) is 5.56 Å².